The van der Waals surface area contributed by atoms with E-state index in [4.69, 9.17) is 16.2 Å². The zero-order valence-corrected chi connectivity index (χ0v) is 19.9. The summed E-state index contributed by atoms with van der Waals surface area (Å²) in [5.41, 5.74) is 15.1. The standard InChI is InChI=1S/C25H33N5O2.ClH/c1-2-3-8-24(31)30-16-15-29(22-7-5-4-6-20(22)27)23(11-13-26)25(30)32-19-9-10-21-18(17-19)12-14-28-21;/h4-7,9-10,12,14,17,23,25,28H,2-3,8,11,13,15-16,26-27H2,1H3;1H. The second-order valence-electron chi connectivity index (χ2n) is 8.32. The summed E-state index contributed by atoms with van der Waals surface area (Å²) in [5, 5.41) is 1.07. The summed E-state index contributed by atoms with van der Waals surface area (Å²) in [5.74, 6) is 0.863. The van der Waals surface area contributed by atoms with Gasteiger partial charge >= 0.3 is 0 Å². The second-order valence-corrected chi connectivity index (χ2v) is 8.32. The number of amides is 1. The number of H-pyrrole nitrogens is 1. The predicted octanol–water partition coefficient (Wildman–Crippen LogP) is 4.13. The molecule has 1 saturated heterocycles. The fraction of sp³-hybridized carbons (Fsp3) is 0.400. The van der Waals surface area contributed by atoms with Crippen LogP contribution in [0.2, 0.25) is 0 Å². The predicted molar refractivity (Wildman–Crippen MR) is 137 cm³/mol. The van der Waals surface area contributed by atoms with Crippen LogP contribution in [-0.4, -0.2) is 47.7 Å². The monoisotopic (exact) mass is 471 g/mol. The van der Waals surface area contributed by atoms with Crippen molar-refractivity contribution in [3.05, 3.63) is 54.7 Å². The zero-order valence-electron chi connectivity index (χ0n) is 19.1. The molecule has 7 nitrogen and oxygen atoms in total. The van der Waals surface area contributed by atoms with Gasteiger partial charge in [0.15, 0.2) is 6.23 Å². The molecule has 0 bridgehead atoms. The van der Waals surface area contributed by atoms with Crippen molar-refractivity contribution < 1.29 is 9.53 Å². The second kappa shape index (κ2) is 11.3. The van der Waals surface area contributed by atoms with E-state index < -0.39 is 6.23 Å². The van der Waals surface area contributed by atoms with Gasteiger partial charge in [-0.15, -0.1) is 12.4 Å². The van der Waals surface area contributed by atoms with Crippen molar-refractivity contribution in [3.8, 4) is 5.75 Å². The number of ether oxygens (including phenoxy) is 1. The van der Waals surface area contributed by atoms with Gasteiger partial charge in [-0.1, -0.05) is 25.5 Å². The number of rotatable bonds is 8. The molecule has 5 N–H and O–H groups in total. The number of hydrogen-bond donors (Lipinski definition) is 3. The maximum atomic E-state index is 13.2. The van der Waals surface area contributed by atoms with Crippen LogP contribution >= 0.6 is 12.4 Å². The number of nitrogens with two attached hydrogens (primary N) is 2. The number of halogens is 1. The van der Waals surface area contributed by atoms with Crippen LogP contribution in [0, 0.1) is 0 Å². The number of benzene rings is 2. The first-order chi connectivity index (χ1) is 15.6. The Bertz CT molecular complexity index is 1060. The zero-order chi connectivity index (χ0) is 22.5. The van der Waals surface area contributed by atoms with E-state index in [2.05, 4.69) is 16.8 Å². The van der Waals surface area contributed by atoms with Gasteiger partial charge in [0, 0.05) is 36.6 Å². The van der Waals surface area contributed by atoms with Gasteiger partial charge in [-0.3, -0.25) is 4.79 Å². The first-order valence-corrected chi connectivity index (χ1v) is 11.5. The van der Waals surface area contributed by atoms with Crippen LogP contribution in [0.1, 0.15) is 32.6 Å². The van der Waals surface area contributed by atoms with E-state index in [1.807, 2.05) is 59.6 Å². The molecular weight excluding hydrogens is 438 g/mol. The smallest absolute Gasteiger partial charge is 0.225 e. The van der Waals surface area contributed by atoms with Crippen molar-refractivity contribution in [3.63, 3.8) is 0 Å². The number of fused-ring (bicyclic) bond motifs is 1. The van der Waals surface area contributed by atoms with Crippen LogP contribution in [0.5, 0.6) is 5.75 Å². The molecule has 1 aromatic heterocycles. The van der Waals surface area contributed by atoms with Crippen LogP contribution in [0.15, 0.2) is 54.7 Å². The molecule has 2 aromatic carbocycles. The Morgan fingerprint density at radius 1 is 1.18 bits per heavy atom. The number of aromatic nitrogens is 1. The van der Waals surface area contributed by atoms with E-state index in [0.29, 0.717) is 38.2 Å². The molecule has 0 saturated carbocycles. The highest BCUT2D eigenvalue weighted by atomic mass is 35.5. The van der Waals surface area contributed by atoms with Gasteiger partial charge in [0.25, 0.3) is 0 Å². The number of carbonyl (C=O) groups is 1. The molecule has 1 aliphatic heterocycles. The molecule has 2 unspecified atom stereocenters. The lowest BCUT2D eigenvalue weighted by Crippen LogP contribution is -2.64. The third-order valence-corrected chi connectivity index (χ3v) is 6.17. The van der Waals surface area contributed by atoms with Crippen molar-refractivity contribution in [1.29, 1.82) is 0 Å². The third-order valence-electron chi connectivity index (χ3n) is 6.17. The average Bonchev–Trinajstić information content (AvgIpc) is 3.27. The minimum atomic E-state index is -0.451. The first-order valence-electron chi connectivity index (χ1n) is 11.5. The summed E-state index contributed by atoms with van der Waals surface area (Å²) in [6.45, 7) is 3.85. The Labute approximate surface area is 201 Å². The molecule has 33 heavy (non-hydrogen) atoms. The number of aromatic amines is 1. The molecule has 3 aromatic rings. The minimum Gasteiger partial charge on any atom is -0.468 e. The summed E-state index contributed by atoms with van der Waals surface area (Å²) in [6.07, 6.45) is 4.52. The van der Waals surface area contributed by atoms with Crippen LogP contribution in [0.4, 0.5) is 11.4 Å². The number of nitrogen functional groups attached to an aromatic ring is 1. The number of piperazine rings is 1. The fourth-order valence-corrected chi connectivity index (χ4v) is 4.51. The molecule has 4 rings (SSSR count). The normalized spacial score (nSPS) is 18.2. The summed E-state index contributed by atoms with van der Waals surface area (Å²) in [7, 11) is 0. The maximum Gasteiger partial charge on any atom is 0.225 e. The van der Waals surface area contributed by atoms with E-state index in [9.17, 15) is 4.79 Å². The molecule has 2 atom stereocenters. The van der Waals surface area contributed by atoms with Gasteiger partial charge in [0.2, 0.25) is 5.91 Å². The number of nitrogens with zero attached hydrogens (tertiary/aromatic N) is 2. The van der Waals surface area contributed by atoms with Gasteiger partial charge in [0.05, 0.1) is 17.4 Å². The number of carbonyl (C=O) groups excluding carboxylic acids is 1. The molecule has 2 heterocycles. The van der Waals surface area contributed by atoms with E-state index >= 15 is 0 Å². The summed E-state index contributed by atoms with van der Waals surface area (Å²) >= 11 is 0. The SMILES string of the molecule is CCCCC(=O)N1CCN(c2ccccc2N)C(CCN)C1Oc1ccc2[nH]ccc2c1.Cl. The van der Waals surface area contributed by atoms with Gasteiger partial charge in [-0.25, -0.2) is 0 Å². The van der Waals surface area contributed by atoms with E-state index in [-0.39, 0.29) is 24.4 Å². The Morgan fingerprint density at radius 3 is 2.76 bits per heavy atom. The lowest BCUT2D eigenvalue weighted by Gasteiger charge is -2.48. The van der Waals surface area contributed by atoms with Crippen LogP contribution < -0.4 is 21.1 Å². The molecule has 0 aliphatic carbocycles. The van der Waals surface area contributed by atoms with Gasteiger partial charge in [-0.05, 0) is 55.8 Å². The van der Waals surface area contributed by atoms with Crippen LogP contribution in [0.3, 0.4) is 0 Å². The molecule has 1 aliphatic rings. The van der Waals surface area contributed by atoms with Crippen LogP contribution in [0.25, 0.3) is 10.9 Å². The van der Waals surface area contributed by atoms with E-state index in [1.54, 1.807) is 0 Å². The first kappa shape index (κ1) is 24.7. The van der Waals surface area contributed by atoms with E-state index in [1.165, 1.54) is 0 Å². The third kappa shape index (κ3) is 5.37. The molecule has 8 heteroatoms. The molecule has 178 valence electrons. The van der Waals surface area contributed by atoms with Crippen molar-refractivity contribution in [2.75, 3.05) is 30.3 Å². The average molecular weight is 472 g/mol. The van der Waals surface area contributed by atoms with Gasteiger partial charge in [-0.2, -0.15) is 0 Å². The highest BCUT2D eigenvalue weighted by Crippen LogP contribution is 2.32. The molecule has 0 radical (unpaired) electrons. The summed E-state index contributed by atoms with van der Waals surface area (Å²) in [6, 6.07) is 15.7. The van der Waals surface area contributed by atoms with Crippen molar-refractivity contribution in [2.45, 2.75) is 44.9 Å². The number of para-hydroxylation sites is 2. The number of anilines is 2. The fourth-order valence-electron chi connectivity index (χ4n) is 4.51. The Morgan fingerprint density at radius 2 is 2.00 bits per heavy atom. The quantitative estimate of drug-likeness (QED) is 0.429. The van der Waals surface area contributed by atoms with Crippen molar-refractivity contribution >= 4 is 40.6 Å². The van der Waals surface area contributed by atoms with Gasteiger partial charge < -0.3 is 31.0 Å². The van der Waals surface area contributed by atoms with Crippen molar-refractivity contribution in [1.82, 2.24) is 9.88 Å². The maximum absolute atomic E-state index is 13.2. The summed E-state index contributed by atoms with van der Waals surface area (Å²) in [4.78, 5) is 20.5. The molecule has 1 fully saturated rings. The number of hydrogen-bond acceptors (Lipinski definition) is 5. The largest absolute Gasteiger partial charge is 0.468 e. The lowest BCUT2D eigenvalue weighted by molar-refractivity contribution is -0.143. The summed E-state index contributed by atoms with van der Waals surface area (Å²) < 4.78 is 6.56. The Balaban J connectivity index is 0.00000306. The highest BCUT2D eigenvalue weighted by molar-refractivity contribution is 5.85. The van der Waals surface area contributed by atoms with Crippen molar-refractivity contribution in [2.24, 2.45) is 5.73 Å². The Hall–Kier alpha value is -2.90. The molecule has 1 amide bonds. The lowest BCUT2D eigenvalue weighted by atomic mass is 10.0. The number of unbranched alkanes of at least 4 members (excludes halogenated alkanes) is 1. The minimum absolute atomic E-state index is 0. The van der Waals surface area contributed by atoms with E-state index in [0.717, 1.165) is 35.2 Å². The topological polar surface area (TPSA) is 101 Å². The number of nitrogens with one attached hydrogen (secondary N) is 1. The Kier molecular flexibility index (Phi) is 8.47. The van der Waals surface area contributed by atoms with Gasteiger partial charge in [0.1, 0.15) is 5.75 Å². The molecular formula is C25H34ClN5O2. The highest BCUT2D eigenvalue weighted by Gasteiger charge is 2.40. The van der Waals surface area contributed by atoms with Crippen LogP contribution in [-0.2, 0) is 4.79 Å². The molecule has 0 spiro atoms.